The number of aromatic nitrogens is 2. The van der Waals surface area contributed by atoms with Gasteiger partial charge in [-0.1, -0.05) is 18.2 Å². The Labute approximate surface area is 143 Å². The van der Waals surface area contributed by atoms with Crippen LogP contribution < -0.4 is 10.1 Å². The fraction of sp³-hybridized carbons (Fsp3) is 0.526. The first-order chi connectivity index (χ1) is 11.7. The van der Waals surface area contributed by atoms with E-state index in [1.807, 2.05) is 48.1 Å². The number of rotatable bonds is 7. The molecule has 1 aromatic heterocycles. The fourth-order valence-electron chi connectivity index (χ4n) is 3.30. The van der Waals surface area contributed by atoms with E-state index in [1.54, 1.807) is 6.20 Å². The van der Waals surface area contributed by atoms with Crippen molar-refractivity contribution in [2.24, 2.45) is 0 Å². The highest BCUT2D eigenvalue weighted by molar-refractivity contribution is 5.32. The molecule has 0 radical (unpaired) electrons. The molecule has 5 heteroatoms. The minimum absolute atomic E-state index is 0.102. The van der Waals surface area contributed by atoms with E-state index < -0.39 is 6.10 Å². The Balaban J connectivity index is 1.47. The second-order valence-electron chi connectivity index (χ2n) is 6.53. The molecule has 1 aromatic carbocycles. The minimum atomic E-state index is -0.469. The molecule has 0 spiro atoms. The average Bonchev–Trinajstić information content (AvgIpc) is 3.10. The van der Waals surface area contributed by atoms with Crippen LogP contribution >= 0.6 is 0 Å². The Kier molecular flexibility index (Phi) is 5.88. The lowest BCUT2D eigenvalue weighted by atomic mass is 9.89. The van der Waals surface area contributed by atoms with Crippen molar-refractivity contribution in [1.29, 1.82) is 0 Å². The zero-order valence-corrected chi connectivity index (χ0v) is 14.3. The second kappa shape index (κ2) is 8.31. The molecule has 0 aliphatic heterocycles. The number of para-hydroxylation sites is 1. The lowest BCUT2D eigenvalue weighted by Crippen LogP contribution is -2.51. The number of aryl methyl sites for hydroxylation is 2. The summed E-state index contributed by atoms with van der Waals surface area (Å²) < 4.78 is 8.02. The number of nitrogens with zero attached hydrogens (tertiary/aromatic N) is 2. The summed E-state index contributed by atoms with van der Waals surface area (Å²) in [6, 6.07) is 10.0. The number of nitrogens with one attached hydrogen (secondary N) is 1. The molecule has 1 fully saturated rings. The Morgan fingerprint density at radius 1 is 1.29 bits per heavy atom. The van der Waals surface area contributed by atoms with Crippen molar-refractivity contribution in [2.45, 2.75) is 57.4 Å². The van der Waals surface area contributed by atoms with Crippen LogP contribution in [-0.4, -0.2) is 39.7 Å². The van der Waals surface area contributed by atoms with Gasteiger partial charge in [-0.2, -0.15) is 5.10 Å². The van der Waals surface area contributed by atoms with Gasteiger partial charge in [-0.05, 0) is 56.8 Å². The lowest BCUT2D eigenvalue weighted by Gasteiger charge is -2.35. The maximum Gasteiger partial charge on any atom is 0.126 e. The van der Waals surface area contributed by atoms with Gasteiger partial charge in [0, 0.05) is 25.0 Å². The first kappa shape index (κ1) is 17.0. The Morgan fingerprint density at radius 3 is 2.96 bits per heavy atom. The largest absolute Gasteiger partial charge is 0.487 e. The molecule has 5 nitrogen and oxygen atoms in total. The third-order valence-electron chi connectivity index (χ3n) is 4.70. The van der Waals surface area contributed by atoms with Crippen LogP contribution in [0.15, 0.2) is 42.7 Å². The molecule has 0 bridgehead atoms. The summed E-state index contributed by atoms with van der Waals surface area (Å²) in [6.45, 7) is 3.81. The number of ether oxygens (including phenoxy) is 1. The summed E-state index contributed by atoms with van der Waals surface area (Å²) >= 11 is 0. The van der Waals surface area contributed by atoms with Crippen LogP contribution in [0, 0.1) is 6.92 Å². The van der Waals surface area contributed by atoms with Gasteiger partial charge in [0.1, 0.15) is 18.0 Å². The molecule has 3 atom stereocenters. The molecule has 1 aliphatic rings. The lowest BCUT2D eigenvalue weighted by molar-refractivity contribution is -0.0156. The van der Waals surface area contributed by atoms with Crippen LogP contribution in [0.1, 0.15) is 31.2 Å². The highest BCUT2D eigenvalue weighted by atomic mass is 16.5. The van der Waals surface area contributed by atoms with Gasteiger partial charge in [0.05, 0.1) is 0 Å². The highest BCUT2D eigenvalue weighted by Gasteiger charge is 2.33. The summed E-state index contributed by atoms with van der Waals surface area (Å²) in [4.78, 5) is 0. The molecule has 0 saturated heterocycles. The van der Waals surface area contributed by atoms with Crippen LogP contribution in [0.4, 0.5) is 0 Å². The van der Waals surface area contributed by atoms with E-state index in [1.165, 1.54) is 0 Å². The van der Waals surface area contributed by atoms with Gasteiger partial charge in [-0.25, -0.2) is 0 Å². The monoisotopic (exact) mass is 329 g/mol. The van der Waals surface area contributed by atoms with Crippen molar-refractivity contribution < 1.29 is 9.84 Å². The number of aliphatic hydroxyl groups excluding tert-OH is 1. The summed E-state index contributed by atoms with van der Waals surface area (Å²) in [5, 5.41) is 18.4. The van der Waals surface area contributed by atoms with Crippen molar-refractivity contribution in [3.8, 4) is 5.75 Å². The van der Waals surface area contributed by atoms with Crippen LogP contribution in [-0.2, 0) is 6.54 Å². The molecular formula is C19H27N3O2. The first-order valence-corrected chi connectivity index (χ1v) is 8.85. The first-order valence-electron chi connectivity index (χ1n) is 8.85. The normalized spacial score (nSPS) is 24.0. The number of hydrogen-bond donors (Lipinski definition) is 2. The van der Waals surface area contributed by atoms with Gasteiger partial charge >= 0.3 is 0 Å². The molecular weight excluding hydrogens is 302 g/mol. The van der Waals surface area contributed by atoms with Crippen LogP contribution in [0.2, 0.25) is 0 Å². The highest BCUT2D eigenvalue weighted by Crippen LogP contribution is 2.26. The molecule has 24 heavy (non-hydrogen) atoms. The molecule has 1 aliphatic carbocycles. The third-order valence-corrected chi connectivity index (χ3v) is 4.70. The number of aliphatic hydroxyl groups is 1. The van der Waals surface area contributed by atoms with Crippen molar-refractivity contribution in [1.82, 2.24) is 15.1 Å². The van der Waals surface area contributed by atoms with Crippen LogP contribution in [0.25, 0.3) is 0 Å². The van der Waals surface area contributed by atoms with Gasteiger partial charge < -0.3 is 15.2 Å². The molecule has 3 rings (SSSR count). The van der Waals surface area contributed by atoms with Gasteiger partial charge in [0.15, 0.2) is 0 Å². The molecule has 0 unspecified atom stereocenters. The Bertz CT molecular complexity index is 615. The van der Waals surface area contributed by atoms with E-state index in [-0.39, 0.29) is 12.1 Å². The molecule has 130 valence electrons. The van der Waals surface area contributed by atoms with Crippen LogP contribution in [0.3, 0.4) is 0 Å². The second-order valence-corrected chi connectivity index (χ2v) is 6.53. The molecule has 2 N–H and O–H groups in total. The van der Waals surface area contributed by atoms with E-state index in [9.17, 15) is 5.11 Å². The Morgan fingerprint density at radius 2 is 2.17 bits per heavy atom. The molecule has 1 heterocycles. The van der Waals surface area contributed by atoms with Crippen molar-refractivity contribution in [3.05, 3.63) is 48.3 Å². The van der Waals surface area contributed by atoms with E-state index >= 15 is 0 Å². The minimum Gasteiger partial charge on any atom is -0.487 e. The average molecular weight is 329 g/mol. The van der Waals surface area contributed by atoms with Crippen LogP contribution in [0.5, 0.6) is 5.75 Å². The smallest absolute Gasteiger partial charge is 0.126 e. The van der Waals surface area contributed by atoms with Gasteiger partial charge in [0.25, 0.3) is 0 Å². The summed E-state index contributed by atoms with van der Waals surface area (Å²) in [5.41, 5.74) is 1.11. The predicted octanol–water partition coefficient (Wildman–Crippen LogP) is 2.53. The quantitative estimate of drug-likeness (QED) is 0.767. The summed E-state index contributed by atoms with van der Waals surface area (Å²) in [6.07, 6.45) is 7.13. The third kappa shape index (κ3) is 4.36. The maximum absolute atomic E-state index is 10.7. The van der Waals surface area contributed by atoms with E-state index in [0.717, 1.165) is 50.1 Å². The number of benzene rings is 1. The maximum atomic E-state index is 10.7. The molecule has 2 aromatic rings. The van der Waals surface area contributed by atoms with Gasteiger partial charge in [0.2, 0.25) is 0 Å². The Hall–Kier alpha value is -1.85. The summed E-state index contributed by atoms with van der Waals surface area (Å²) in [7, 11) is 0. The molecule has 0 amide bonds. The van der Waals surface area contributed by atoms with Crippen molar-refractivity contribution in [2.75, 3.05) is 6.54 Å². The van der Waals surface area contributed by atoms with Crippen molar-refractivity contribution >= 4 is 0 Å². The zero-order chi connectivity index (χ0) is 16.8. The van der Waals surface area contributed by atoms with E-state index in [4.69, 9.17) is 4.74 Å². The zero-order valence-electron chi connectivity index (χ0n) is 14.3. The SMILES string of the molecule is Cc1ccccc1O[C@@H]1CCC[C@H](NCCCn2cccn2)[C@H]1O. The fourth-order valence-corrected chi connectivity index (χ4v) is 3.30. The standard InChI is InChI=1S/C19H27N3O2/c1-15-7-2-3-9-17(15)24-18-10-4-8-16(19(18)23)20-11-5-13-22-14-6-12-21-22/h2-3,6-7,9,12,14,16,18-20,23H,4-5,8,10-11,13H2,1H3/t16-,18+,19+/m0/s1. The van der Waals surface area contributed by atoms with E-state index in [2.05, 4.69) is 10.4 Å². The predicted molar refractivity (Wildman–Crippen MR) is 94.1 cm³/mol. The number of hydrogen-bond acceptors (Lipinski definition) is 4. The molecule has 1 saturated carbocycles. The summed E-state index contributed by atoms with van der Waals surface area (Å²) in [5.74, 6) is 0.876. The van der Waals surface area contributed by atoms with Gasteiger partial charge in [-0.15, -0.1) is 0 Å². The van der Waals surface area contributed by atoms with Crippen molar-refractivity contribution in [3.63, 3.8) is 0 Å². The van der Waals surface area contributed by atoms with Gasteiger partial charge in [-0.3, -0.25) is 4.68 Å². The van der Waals surface area contributed by atoms with E-state index in [0.29, 0.717) is 0 Å². The topological polar surface area (TPSA) is 59.3 Å².